The molecule has 9 heteroatoms. The molecule has 3 aromatic rings. The van der Waals surface area contributed by atoms with Gasteiger partial charge in [-0.25, -0.2) is 9.78 Å². The average molecular weight is 454 g/mol. The van der Waals surface area contributed by atoms with Gasteiger partial charge in [0.05, 0.1) is 12.2 Å². The molecule has 164 valence electrons. The summed E-state index contributed by atoms with van der Waals surface area (Å²) >= 11 is 6.02. The Morgan fingerprint density at radius 1 is 1.16 bits per heavy atom. The minimum atomic E-state index is -1.01. The van der Waals surface area contributed by atoms with Gasteiger partial charge in [0.1, 0.15) is 11.8 Å². The van der Waals surface area contributed by atoms with Gasteiger partial charge in [-0.1, -0.05) is 23.7 Å². The normalized spacial score (nSPS) is 19.5. The van der Waals surface area contributed by atoms with Gasteiger partial charge in [0.2, 0.25) is 12.7 Å². The SMILES string of the molecule is CC1(CCc2ccc3c(c2)OCO3)NC(=O)N(Cc2coc(-c3cccc(Cl)c3)n2)C1=O. The number of oxazole rings is 1. The first-order valence-electron chi connectivity index (χ1n) is 10.1. The maximum absolute atomic E-state index is 13.1. The maximum Gasteiger partial charge on any atom is 0.325 e. The van der Waals surface area contributed by atoms with Crippen LogP contribution in [-0.4, -0.2) is 34.2 Å². The van der Waals surface area contributed by atoms with E-state index in [1.165, 1.54) is 11.2 Å². The lowest BCUT2D eigenvalue weighted by Gasteiger charge is -2.21. The molecule has 0 spiro atoms. The topological polar surface area (TPSA) is 93.9 Å². The number of aromatic nitrogens is 1. The fourth-order valence-corrected chi connectivity index (χ4v) is 4.04. The zero-order valence-electron chi connectivity index (χ0n) is 17.3. The summed E-state index contributed by atoms with van der Waals surface area (Å²) in [7, 11) is 0. The average Bonchev–Trinajstić information content (AvgIpc) is 3.48. The molecule has 2 aromatic carbocycles. The summed E-state index contributed by atoms with van der Waals surface area (Å²) in [6.07, 6.45) is 2.48. The smallest absolute Gasteiger partial charge is 0.325 e. The van der Waals surface area contributed by atoms with E-state index >= 15 is 0 Å². The number of carbonyl (C=O) groups excluding carboxylic acids is 2. The third kappa shape index (κ3) is 3.78. The van der Waals surface area contributed by atoms with Crippen LogP contribution in [0.5, 0.6) is 11.5 Å². The molecule has 1 N–H and O–H groups in total. The van der Waals surface area contributed by atoms with Crippen LogP contribution < -0.4 is 14.8 Å². The van der Waals surface area contributed by atoms with E-state index in [4.69, 9.17) is 25.5 Å². The molecule has 1 fully saturated rings. The molecule has 0 radical (unpaired) electrons. The fraction of sp³-hybridized carbons (Fsp3) is 0.261. The number of ether oxygens (including phenoxy) is 2. The van der Waals surface area contributed by atoms with Crippen molar-refractivity contribution in [1.82, 2.24) is 15.2 Å². The second-order valence-corrected chi connectivity index (χ2v) is 8.43. The Morgan fingerprint density at radius 2 is 2.00 bits per heavy atom. The third-order valence-electron chi connectivity index (χ3n) is 5.64. The Hall–Kier alpha value is -3.52. The monoisotopic (exact) mass is 453 g/mol. The maximum atomic E-state index is 13.1. The summed E-state index contributed by atoms with van der Waals surface area (Å²) in [6.45, 7) is 1.97. The van der Waals surface area contributed by atoms with Gasteiger partial charge in [-0.2, -0.15) is 0 Å². The molecule has 3 heterocycles. The molecule has 5 rings (SSSR count). The van der Waals surface area contributed by atoms with E-state index in [2.05, 4.69) is 10.3 Å². The molecule has 1 saturated heterocycles. The summed E-state index contributed by atoms with van der Waals surface area (Å²) in [5, 5.41) is 3.39. The lowest BCUT2D eigenvalue weighted by Crippen LogP contribution is -2.44. The summed E-state index contributed by atoms with van der Waals surface area (Å²) in [6, 6.07) is 12.3. The molecule has 0 aliphatic carbocycles. The highest BCUT2D eigenvalue weighted by Gasteiger charge is 2.47. The summed E-state index contributed by atoms with van der Waals surface area (Å²) < 4.78 is 16.3. The van der Waals surface area contributed by atoms with Crippen molar-refractivity contribution in [1.29, 1.82) is 0 Å². The highest BCUT2D eigenvalue weighted by Crippen LogP contribution is 2.34. The number of aryl methyl sites for hydroxylation is 1. The predicted molar refractivity (Wildman–Crippen MR) is 115 cm³/mol. The molecule has 1 atom stereocenters. The van der Waals surface area contributed by atoms with E-state index in [0.29, 0.717) is 40.9 Å². The molecule has 2 aliphatic heterocycles. The summed E-state index contributed by atoms with van der Waals surface area (Å²) in [4.78, 5) is 31.2. The Labute approximate surface area is 189 Å². The van der Waals surface area contributed by atoms with Crippen molar-refractivity contribution >= 4 is 23.5 Å². The zero-order valence-corrected chi connectivity index (χ0v) is 18.0. The molecule has 8 nitrogen and oxygen atoms in total. The number of imide groups is 1. The third-order valence-corrected chi connectivity index (χ3v) is 5.87. The molecule has 3 amide bonds. The highest BCUT2D eigenvalue weighted by molar-refractivity contribution is 6.30. The van der Waals surface area contributed by atoms with Crippen LogP contribution in [0.3, 0.4) is 0 Å². The molecular formula is C23H20ClN3O5. The van der Waals surface area contributed by atoms with Crippen LogP contribution in [0.4, 0.5) is 4.79 Å². The van der Waals surface area contributed by atoms with Crippen molar-refractivity contribution in [3.8, 4) is 23.0 Å². The van der Waals surface area contributed by atoms with Crippen LogP contribution in [0.2, 0.25) is 5.02 Å². The number of amides is 3. The van der Waals surface area contributed by atoms with Gasteiger partial charge in [0, 0.05) is 10.6 Å². The van der Waals surface area contributed by atoms with Gasteiger partial charge in [-0.15, -0.1) is 0 Å². The first-order chi connectivity index (χ1) is 15.4. The van der Waals surface area contributed by atoms with Crippen molar-refractivity contribution in [2.75, 3.05) is 6.79 Å². The van der Waals surface area contributed by atoms with Gasteiger partial charge >= 0.3 is 6.03 Å². The number of hydrogen-bond donors (Lipinski definition) is 1. The van der Waals surface area contributed by atoms with E-state index < -0.39 is 11.6 Å². The minimum Gasteiger partial charge on any atom is -0.454 e. The van der Waals surface area contributed by atoms with Crippen molar-refractivity contribution in [2.24, 2.45) is 0 Å². The Bertz CT molecular complexity index is 1210. The minimum absolute atomic E-state index is 0.0222. The highest BCUT2D eigenvalue weighted by atomic mass is 35.5. The van der Waals surface area contributed by atoms with Crippen LogP contribution in [0.25, 0.3) is 11.5 Å². The van der Waals surface area contributed by atoms with Crippen LogP contribution in [-0.2, 0) is 17.8 Å². The number of hydrogen-bond acceptors (Lipinski definition) is 6. The van der Waals surface area contributed by atoms with E-state index in [1.807, 2.05) is 24.3 Å². The number of halogens is 1. The Kier molecular flexibility index (Phi) is 5.01. The number of urea groups is 1. The molecule has 32 heavy (non-hydrogen) atoms. The van der Waals surface area contributed by atoms with Gasteiger partial charge in [-0.3, -0.25) is 9.69 Å². The van der Waals surface area contributed by atoms with Crippen LogP contribution in [0, 0.1) is 0 Å². The first kappa shape index (κ1) is 20.4. The Morgan fingerprint density at radius 3 is 2.84 bits per heavy atom. The number of nitrogens with one attached hydrogen (secondary N) is 1. The summed E-state index contributed by atoms with van der Waals surface area (Å²) in [5.41, 5.74) is 1.18. The predicted octanol–water partition coefficient (Wildman–Crippen LogP) is 4.17. The summed E-state index contributed by atoms with van der Waals surface area (Å²) in [5.74, 6) is 1.48. The quantitative estimate of drug-likeness (QED) is 0.563. The molecule has 0 saturated carbocycles. The second kappa shape index (κ2) is 7.87. The van der Waals surface area contributed by atoms with E-state index in [-0.39, 0.29) is 19.2 Å². The number of rotatable bonds is 6. The van der Waals surface area contributed by atoms with Crippen molar-refractivity contribution in [3.63, 3.8) is 0 Å². The first-order valence-corrected chi connectivity index (χ1v) is 10.5. The van der Waals surface area contributed by atoms with Gasteiger partial charge in [0.25, 0.3) is 5.91 Å². The van der Waals surface area contributed by atoms with Gasteiger partial charge in [0.15, 0.2) is 11.5 Å². The van der Waals surface area contributed by atoms with Crippen LogP contribution in [0.15, 0.2) is 53.1 Å². The number of fused-ring (bicyclic) bond motifs is 1. The van der Waals surface area contributed by atoms with Gasteiger partial charge < -0.3 is 19.2 Å². The van der Waals surface area contributed by atoms with Crippen molar-refractivity contribution in [2.45, 2.75) is 31.8 Å². The largest absolute Gasteiger partial charge is 0.454 e. The molecular weight excluding hydrogens is 434 g/mol. The lowest BCUT2D eigenvalue weighted by atomic mass is 9.93. The van der Waals surface area contributed by atoms with E-state index in [9.17, 15) is 9.59 Å². The Balaban J connectivity index is 1.26. The van der Waals surface area contributed by atoms with Crippen molar-refractivity contribution < 1.29 is 23.5 Å². The number of benzene rings is 2. The lowest BCUT2D eigenvalue weighted by molar-refractivity contribution is -0.131. The van der Waals surface area contributed by atoms with E-state index in [0.717, 1.165) is 11.1 Å². The zero-order chi connectivity index (χ0) is 22.3. The molecule has 0 bridgehead atoms. The van der Waals surface area contributed by atoms with Crippen LogP contribution in [0.1, 0.15) is 24.6 Å². The number of nitrogens with zero attached hydrogens (tertiary/aromatic N) is 2. The second-order valence-electron chi connectivity index (χ2n) is 8.00. The molecule has 1 aromatic heterocycles. The molecule has 2 aliphatic rings. The molecule has 1 unspecified atom stereocenters. The standard InChI is InChI=1S/C23H20ClN3O5/c1-23(8-7-14-5-6-18-19(9-14)32-13-31-18)21(28)27(22(29)26-23)11-17-12-30-20(25-17)15-3-2-4-16(24)10-15/h2-6,9-10,12H,7-8,11,13H2,1H3,(H,26,29). The van der Waals surface area contributed by atoms with Gasteiger partial charge in [-0.05, 0) is 55.7 Å². The fourth-order valence-electron chi connectivity index (χ4n) is 3.85. The van der Waals surface area contributed by atoms with E-state index in [1.54, 1.807) is 25.1 Å². The van der Waals surface area contributed by atoms with Crippen LogP contribution >= 0.6 is 11.6 Å². The number of carbonyl (C=O) groups is 2. The van der Waals surface area contributed by atoms with Crippen molar-refractivity contribution in [3.05, 3.63) is 65.0 Å².